The largest absolute Gasteiger partial charge is 0.385 e. The van der Waals surface area contributed by atoms with Gasteiger partial charge in [-0.3, -0.25) is 4.79 Å². The standard InChI is InChI=1S/C17H31NO4/c1-17(2,8-12-20-3)16(19)18-9-6-14(7-10-18)22-13-15-5-4-11-21-15/h14-15H,4-13H2,1-3H3/t15-/m0/s1. The van der Waals surface area contributed by atoms with Crippen LogP contribution in [0.2, 0.25) is 0 Å². The number of carbonyl (C=O) groups excluding carboxylic acids is 1. The van der Waals surface area contributed by atoms with Crippen molar-refractivity contribution in [2.24, 2.45) is 5.41 Å². The highest BCUT2D eigenvalue weighted by molar-refractivity contribution is 5.82. The second-order valence-corrected chi connectivity index (χ2v) is 7.09. The SMILES string of the molecule is COCCC(C)(C)C(=O)N1CCC(OC[C@@H]2CCCO2)CC1. The molecule has 0 saturated carbocycles. The maximum atomic E-state index is 12.6. The molecule has 0 bridgehead atoms. The van der Waals surface area contributed by atoms with E-state index in [1.807, 2.05) is 18.7 Å². The van der Waals surface area contributed by atoms with Crippen molar-refractivity contribution in [3.05, 3.63) is 0 Å². The summed E-state index contributed by atoms with van der Waals surface area (Å²) in [6, 6.07) is 0. The van der Waals surface area contributed by atoms with Crippen LogP contribution in [-0.2, 0) is 19.0 Å². The third-order valence-electron chi connectivity index (χ3n) is 4.78. The molecule has 0 aromatic heterocycles. The fourth-order valence-corrected chi connectivity index (χ4v) is 3.14. The highest BCUT2D eigenvalue weighted by Gasteiger charge is 2.34. The van der Waals surface area contributed by atoms with E-state index in [9.17, 15) is 4.79 Å². The summed E-state index contributed by atoms with van der Waals surface area (Å²) in [5, 5.41) is 0. The first-order valence-electron chi connectivity index (χ1n) is 8.54. The maximum absolute atomic E-state index is 12.6. The Bertz CT molecular complexity index is 345. The van der Waals surface area contributed by atoms with Crippen LogP contribution in [0.25, 0.3) is 0 Å². The Balaban J connectivity index is 1.70. The van der Waals surface area contributed by atoms with Crippen LogP contribution in [0.1, 0.15) is 46.0 Å². The van der Waals surface area contributed by atoms with Crippen molar-refractivity contribution in [2.75, 3.05) is 40.0 Å². The Hall–Kier alpha value is -0.650. The van der Waals surface area contributed by atoms with Crippen LogP contribution in [0.5, 0.6) is 0 Å². The van der Waals surface area contributed by atoms with Crippen molar-refractivity contribution in [1.82, 2.24) is 4.90 Å². The molecule has 0 aliphatic carbocycles. The lowest BCUT2D eigenvalue weighted by atomic mass is 9.87. The topological polar surface area (TPSA) is 48.0 Å². The zero-order valence-corrected chi connectivity index (χ0v) is 14.3. The first-order chi connectivity index (χ1) is 10.5. The smallest absolute Gasteiger partial charge is 0.228 e. The summed E-state index contributed by atoms with van der Waals surface area (Å²) in [5.74, 6) is 0.238. The number of amides is 1. The highest BCUT2D eigenvalue weighted by atomic mass is 16.5. The van der Waals surface area contributed by atoms with Crippen LogP contribution in [-0.4, -0.2) is 63.0 Å². The predicted molar refractivity (Wildman–Crippen MR) is 84.8 cm³/mol. The fourth-order valence-electron chi connectivity index (χ4n) is 3.14. The minimum Gasteiger partial charge on any atom is -0.385 e. The summed E-state index contributed by atoms with van der Waals surface area (Å²) in [5.41, 5.74) is -0.346. The van der Waals surface area contributed by atoms with E-state index in [0.717, 1.165) is 51.8 Å². The summed E-state index contributed by atoms with van der Waals surface area (Å²) in [6.07, 6.45) is 5.45. The van der Waals surface area contributed by atoms with E-state index in [-0.39, 0.29) is 23.5 Å². The second-order valence-electron chi connectivity index (χ2n) is 7.09. The molecule has 2 saturated heterocycles. The summed E-state index contributed by atoms with van der Waals surface area (Å²) in [6.45, 7) is 7.81. The number of carbonyl (C=O) groups is 1. The van der Waals surface area contributed by atoms with Gasteiger partial charge in [0, 0.05) is 38.8 Å². The van der Waals surface area contributed by atoms with Crippen LogP contribution in [0, 0.1) is 5.41 Å². The first kappa shape index (κ1) is 17.7. The summed E-state index contributed by atoms with van der Waals surface area (Å²) >= 11 is 0. The zero-order chi connectivity index (χ0) is 16.0. The minimum absolute atomic E-state index is 0.238. The molecule has 2 rings (SSSR count). The molecule has 5 heteroatoms. The van der Waals surface area contributed by atoms with Crippen LogP contribution < -0.4 is 0 Å². The lowest BCUT2D eigenvalue weighted by Gasteiger charge is -2.37. The van der Waals surface area contributed by atoms with Gasteiger partial charge in [0.05, 0.1) is 18.8 Å². The quantitative estimate of drug-likeness (QED) is 0.723. The molecular weight excluding hydrogens is 282 g/mol. The maximum Gasteiger partial charge on any atom is 0.228 e. The Morgan fingerprint density at radius 2 is 2.00 bits per heavy atom. The highest BCUT2D eigenvalue weighted by Crippen LogP contribution is 2.26. The van der Waals surface area contributed by atoms with Gasteiger partial charge >= 0.3 is 0 Å². The van der Waals surface area contributed by atoms with Gasteiger partial charge in [-0.05, 0) is 32.1 Å². The average molecular weight is 313 g/mol. The molecule has 128 valence electrons. The second kappa shape index (κ2) is 8.27. The third kappa shape index (κ3) is 4.93. The Morgan fingerprint density at radius 1 is 1.27 bits per heavy atom. The summed E-state index contributed by atoms with van der Waals surface area (Å²) < 4.78 is 16.7. The normalized spacial score (nSPS) is 24.0. The van der Waals surface area contributed by atoms with Crippen LogP contribution >= 0.6 is 0 Å². The Labute approximate surface area is 134 Å². The number of hydrogen-bond donors (Lipinski definition) is 0. The number of piperidine rings is 1. The summed E-state index contributed by atoms with van der Waals surface area (Å²) in [7, 11) is 1.68. The zero-order valence-electron chi connectivity index (χ0n) is 14.3. The molecule has 0 radical (unpaired) electrons. The number of ether oxygens (including phenoxy) is 3. The van der Waals surface area contributed by atoms with Gasteiger partial charge in [0.25, 0.3) is 0 Å². The third-order valence-corrected chi connectivity index (χ3v) is 4.78. The van der Waals surface area contributed by atoms with E-state index < -0.39 is 0 Å². The number of nitrogens with zero attached hydrogens (tertiary/aromatic N) is 1. The molecule has 5 nitrogen and oxygen atoms in total. The van der Waals surface area contributed by atoms with Crippen LogP contribution in [0.4, 0.5) is 0 Å². The molecule has 22 heavy (non-hydrogen) atoms. The molecule has 1 amide bonds. The van der Waals surface area contributed by atoms with E-state index in [1.165, 1.54) is 0 Å². The first-order valence-corrected chi connectivity index (χ1v) is 8.54. The molecule has 2 aliphatic rings. The van der Waals surface area contributed by atoms with Crippen molar-refractivity contribution >= 4 is 5.91 Å². The van der Waals surface area contributed by atoms with E-state index in [1.54, 1.807) is 7.11 Å². The minimum atomic E-state index is -0.346. The van der Waals surface area contributed by atoms with Crippen molar-refractivity contribution < 1.29 is 19.0 Å². The van der Waals surface area contributed by atoms with Crippen molar-refractivity contribution in [2.45, 2.75) is 58.2 Å². The summed E-state index contributed by atoms with van der Waals surface area (Å²) in [4.78, 5) is 14.6. The average Bonchev–Trinajstić information content (AvgIpc) is 3.04. The van der Waals surface area contributed by atoms with E-state index in [0.29, 0.717) is 13.2 Å². The fraction of sp³-hybridized carbons (Fsp3) is 0.941. The van der Waals surface area contributed by atoms with E-state index in [4.69, 9.17) is 14.2 Å². The molecule has 0 aromatic carbocycles. The van der Waals surface area contributed by atoms with Gasteiger partial charge in [-0.15, -0.1) is 0 Å². The Morgan fingerprint density at radius 3 is 2.59 bits per heavy atom. The van der Waals surface area contributed by atoms with Gasteiger partial charge in [-0.1, -0.05) is 13.8 Å². The van der Waals surface area contributed by atoms with Gasteiger partial charge in [-0.2, -0.15) is 0 Å². The van der Waals surface area contributed by atoms with E-state index in [2.05, 4.69) is 0 Å². The number of rotatable bonds is 7. The van der Waals surface area contributed by atoms with Crippen molar-refractivity contribution in [1.29, 1.82) is 0 Å². The van der Waals surface area contributed by atoms with Gasteiger partial charge in [-0.25, -0.2) is 0 Å². The molecule has 2 fully saturated rings. The molecule has 0 N–H and O–H groups in total. The van der Waals surface area contributed by atoms with Crippen LogP contribution in [0.3, 0.4) is 0 Å². The lowest BCUT2D eigenvalue weighted by molar-refractivity contribution is -0.144. The molecule has 2 aliphatic heterocycles. The number of likely N-dealkylation sites (tertiary alicyclic amines) is 1. The monoisotopic (exact) mass is 313 g/mol. The van der Waals surface area contributed by atoms with Gasteiger partial charge in [0.15, 0.2) is 0 Å². The molecule has 2 heterocycles. The molecule has 0 unspecified atom stereocenters. The number of hydrogen-bond acceptors (Lipinski definition) is 4. The predicted octanol–water partition coefficient (Wildman–Crippen LogP) is 2.24. The Kier molecular flexibility index (Phi) is 6.66. The van der Waals surface area contributed by atoms with Crippen molar-refractivity contribution in [3.63, 3.8) is 0 Å². The molecular formula is C17H31NO4. The molecule has 1 atom stereocenters. The van der Waals surface area contributed by atoms with E-state index >= 15 is 0 Å². The molecule has 0 spiro atoms. The lowest BCUT2D eigenvalue weighted by Crippen LogP contribution is -2.47. The van der Waals surface area contributed by atoms with Gasteiger partial charge in [0.2, 0.25) is 5.91 Å². The van der Waals surface area contributed by atoms with Crippen molar-refractivity contribution in [3.8, 4) is 0 Å². The van der Waals surface area contributed by atoms with Crippen LogP contribution in [0.15, 0.2) is 0 Å². The number of methoxy groups -OCH3 is 1. The van der Waals surface area contributed by atoms with Gasteiger partial charge < -0.3 is 19.1 Å². The molecule has 0 aromatic rings. The van der Waals surface area contributed by atoms with Gasteiger partial charge in [0.1, 0.15) is 0 Å².